The van der Waals surface area contributed by atoms with Gasteiger partial charge in [0, 0.05) is 12.0 Å². The van der Waals surface area contributed by atoms with Gasteiger partial charge in [0.1, 0.15) is 0 Å². The van der Waals surface area contributed by atoms with Crippen LogP contribution in [-0.4, -0.2) is 29.8 Å². The lowest BCUT2D eigenvalue weighted by Gasteiger charge is -2.30. The summed E-state index contributed by atoms with van der Waals surface area (Å²) in [6.45, 7) is 14.8. The van der Waals surface area contributed by atoms with Crippen LogP contribution in [0.15, 0.2) is 0 Å². The molecule has 1 aliphatic rings. The number of rotatable bonds is 2. The molecule has 3 unspecified atom stereocenters. The second-order valence-corrected chi connectivity index (χ2v) is 5.98. The van der Waals surface area contributed by atoms with Gasteiger partial charge in [-0.3, -0.25) is 9.69 Å². The minimum Gasteiger partial charge on any atom is -0.297 e. The van der Waals surface area contributed by atoms with E-state index in [0.717, 1.165) is 13.1 Å². The van der Waals surface area contributed by atoms with E-state index in [1.807, 2.05) is 20.8 Å². The summed E-state index contributed by atoms with van der Waals surface area (Å²) in [4.78, 5) is 14.7. The molecule has 1 aliphatic heterocycles. The molecule has 0 aliphatic carbocycles. The maximum atomic E-state index is 12.4. The number of hydrogen-bond acceptors (Lipinski definition) is 2. The van der Waals surface area contributed by atoms with Gasteiger partial charge in [-0.05, 0) is 18.4 Å². The zero-order chi connectivity index (χ0) is 11.8. The van der Waals surface area contributed by atoms with E-state index < -0.39 is 0 Å². The van der Waals surface area contributed by atoms with Crippen molar-refractivity contribution in [3.8, 4) is 0 Å². The lowest BCUT2D eigenvalue weighted by molar-refractivity contribution is -0.131. The van der Waals surface area contributed by atoms with Crippen LogP contribution >= 0.6 is 0 Å². The molecule has 0 spiro atoms. The average Bonchev–Trinajstić information content (AvgIpc) is 2.40. The van der Waals surface area contributed by atoms with Gasteiger partial charge in [0.05, 0.1) is 6.04 Å². The van der Waals surface area contributed by atoms with Gasteiger partial charge >= 0.3 is 0 Å². The zero-order valence-electron chi connectivity index (χ0n) is 11.0. The molecule has 1 rings (SSSR count). The molecule has 1 heterocycles. The molecule has 0 radical (unpaired) electrons. The maximum absolute atomic E-state index is 12.4. The Labute approximate surface area is 94.0 Å². The van der Waals surface area contributed by atoms with Gasteiger partial charge in [-0.25, -0.2) is 0 Å². The van der Waals surface area contributed by atoms with E-state index in [9.17, 15) is 4.79 Å². The van der Waals surface area contributed by atoms with Crippen LogP contribution in [0.1, 0.15) is 41.5 Å². The van der Waals surface area contributed by atoms with Gasteiger partial charge in [-0.2, -0.15) is 0 Å². The average molecular weight is 211 g/mol. The van der Waals surface area contributed by atoms with E-state index in [-0.39, 0.29) is 11.5 Å². The number of likely N-dealkylation sites (N-methyl/N-ethyl adjacent to an activating group) is 1. The molecule has 0 aromatic carbocycles. The fraction of sp³-hybridized carbons (Fsp3) is 0.923. The molecule has 0 aromatic rings. The molecule has 2 nitrogen and oxygen atoms in total. The van der Waals surface area contributed by atoms with Crippen LogP contribution < -0.4 is 0 Å². The fourth-order valence-corrected chi connectivity index (χ4v) is 2.47. The van der Waals surface area contributed by atoms with Crippen molar-refractivity contribution in [1.82, 2.24) is 4.90 Å². The third kappa shape index (κ3) is 2.41. The predicted octanol–water partition coefficient (Wildman–Crippen LogP) is 2.58. The first-order chi connectivity index (χ1) is 6.79. The highest BCUT2D eigenvalue weighted by atomic mass is 16.1. The third-order valence-corrected chi connectivity index (χ3v) is 3.73. The number of Topliss-reactive ketones (excluding diaryl/α,β-unsaturated/α-hetero) is 1. The SMILES string of the molecule is CCN1CC(C)C(C)C1C(=O)C(C)(C)C. The lowest BCUT2D eigenvalue weighted by atomic mass is 9.80. The van der Waals surface area contributed by atoms with E-state index in [2.05, 4.69) is 25.7 Å². The molecule has 0 amide bonds. The van der Waals surface area contributed by atoms with Gasteiger partial charge in [0.2, 0.25) is 0 Å². The highest BCUT2D eigenvalue weighted by molar-refractivity contribution is 5.89. The standard InChI is InChI=1S/C13H25NO/c1-7-14-8-9(2)10(3)11(14)12(15)13(4,5)6/h9-11H,7-8H2,1-6H3. The number of carbonyl (C=O) groups excluding carboxylic acids is 1. The Kier molecular flexibility index (Phi) is 3.59. The van der Waals surface area contributed by atoms with Crippen molar-refractivity contribution in [1.29, 1.82) is 0 Å². The van der Waals surface area contributed by atoms with Gasteiger partial charge in [-0.1, -0.05) is 41.5 Å². The summed E-state index contributed by atoms with van der Waals surface area (Å²) in [5.41, 5.74) is -0.212. The number of ketones is 1. The van der Waals surface area contributed by atoms with Crippen LogP contribution in [0, 0.1) is 17.3 Å². The van der Waals surface area contributed by atoms with Crippen molar-refractivity contribution in [2.75, 3.05) is 13.1 Å². The second kappa shape index (κ2) is 4.25. The molecule has 2 heteroatoms. The summed E-state index contributed by atoms with van der Waals surface area (Å²) < 4.78 is 0. The van der Waals surface area contributed by atoms with Crippen LogP contribution in [0.25, 0.3) is 0 Å². The highest BCUT2D eigenvalue weighted by Crippen LogP contribution is 2.33. The summed E-state index contributed by atoms with van der Waals surface area (Å²) in [7, 11) is 0. The molecule has 0 bridgehead atoms. The van der Waals surface area contributed by atoms with E-state index in [1.54, 1.807) is 0 Å². The molecule has 1 saturated heterocycles. The van der Waals surface area contributed by atoms with Gasteiger partial charge in [0.15, 0.2) is 5.78 Å². The quantitative estimate of drug-likeness (QED) is 0.699. The minimum atomic E-state index is -0.212. The first-order valence-electron chi connectivity index (χ1n) is 6.07. The van der Waals surface area contributed by atoms with Crippen LogP contribution in [0.5, 0.6) is 0 Å². The van der Waals surface area contributed by atoms with Crippen molar-refractivity contribution in [3.05, 3.63) is 0 Å². The molecular formula is C13H25NO. The van der Waals surface area contributed by atoms with Crippen molar-refractivity contribution in [2.45, 2.75) is 47.6 Å². The molecule has 3 atom stereocenters. The highest BCUT2D eigenvalue weighted by Gasteiger charge is 2.43. The molecule has 0 aromatic heterocycles. The molecule has 88 valence electrons. The van der Waals surface area contributed by atoms with Crippen LogP contribution in [0.3, 0.4) is 0 Å². The van der Waals surface area contributed by atoms with Gasteiger partial charge in [-0.15, -0.1) is 0 Å². The maximum Gasteiger partial charge on any atom is 0.155 e. The Balaban J connectivity index is 2.87. The van der Waals surface area contributed by atoms with Crippen molar-refractivity contribution >= 4 is 5.78 Å². The van der Waals surface area contributed by atoms with Crippen molar-refractivity contribution < 1.29 is 4.79 Å². The molecule has 0 N–H and O–H groups in total. The minimum absolute atomic E-state index is 0.144. The Hall–Kier alpha value is -0.370. The first kappa shape index (κ1) is 12.7. The predicted molar refractivity (Wildman–Crippen MR) is 63.8 cm³/mol. The molecule has 15 heavy (non-hydrogen) atoms. The Morgan fingerprint density at radius 2 is 1.87 bits per heavy atom. The van der Waals surface area contributed by atoms with E-state index in [0.29, 0.717) is 17.6 Å². The fourth-order valence-electron chi connectivity index (χ4n) is 2.47. The normalized spacial score (nSPS) is 33.3. The topological polar surface area (TPSA) is 20.3 Å². The van der Waals surface area contributed by atoms with Crippen LogP contribution in [0.2, 0.25) is 0 Å². The summed E-state index contributed by atoms with van der Waals surface area (Å²) in [6, 6.07) is 0.144. The van der Waals surface area contributed by atoms with Crippen LogP contribution in [0.4, 0.5) is 0 Å². The largest absolute Gasteiger partial charge is 0.297 e. The molecular weight excluding hydrogens is 186 g/mol. The zero-order valence-corrected chi connectivity index (χ0v) is 11.0. The van der Waals surface area contributed by atoms with Crippen molar-refractivity contribution in [3.63, 3.8) is 0 Å². The number of nitrogens with zero attached hydrogens (tertiary/aromatic N) is 1. The smallest absolute Gasteiger partial charge is 0.155 e. The number of carbonyl (C=O) groups is 1. The molecule has 0 saturated carbocycles. The summed E-state index contributed by atoms with van der Waals surface area (Å²) in [6.07, 6.45) is 0. The number of hydrogen-bond donors (Lipinski definition) is 0. The Morgan fingerprint density at radius 3 is 2.27 bits per heavy atom. The van der Waals surface area contributed by atoms with E-state index in [1.165, 1.54) is 0 Å². The summed E-state index contributed by atoms with van der Waals surface area (Å²) in [5, 5.41) is 0. The Bertz CT molecular complexity index is 241. The number of likely N-dealkylation sites (tertiary alicyclic amines) is 1. The third-order valence-electron chi connectivity index (χ3n) is 3.73. The van der Waals surface area contributed by atoms with Crippen molar-refractivity contribution in [2.24, 2.45) is 17.3 Å². The monoisotopic (exact) mass is 211 g/mol. The Morgan fingerprint density at radius 1 is 1.33 bits per heavy atom. The molecule has 1 fully saturated rings. The van der Waals surface area contributed by atoms with E-state index in [4.69, 9.17) is 0 Å². The van der Waals surface area contributed by atoms with Gasteiger partial charge in [0.25, 0.3) is 0 Å². The summed E-state index contributed by atoms with van der Waals surface area (Å²) >= 11 is 0. The summed E-state index contributed by atoms with van der Waals surface area (Å²) in [5.74, 6) is 1.54. The van der Waals surface area contributed by atoms with Crippen LogP contribution in [-0.2, 0) is 4.79 Å². The lowest BCUT2D eigenvalue weighted by Crippen LogP contribution is -2.44. The van der Waals surface area contributed by atoms with E-state index >= 15 is 0 Å². The first-order valence-corrected chi connectivity index (χ1v) is 6.07. The van der Waals surface area contributed by atoms with Gasteiger partial charge < -0.3 is 0 Å². The second-order valence-electron chi connectivity index (χ2n) is 5.98.